The molecular weight excluding hydrogens is 358 g/mol. The van der Waals surface area contributed by atoms with Crippen molar-refractivity contribution in [3.63, 3.8) is 0 Å². The molecule has 1 aromatic carbocycles. The van der Waals surface area contributed by atoms with E-state index in [2.05, 4.69) is 35.1 Å². The Morgan fingerprint density at radius 2 is 2.10 bits per heavy atom. The summed E-state index contributed by atoms with van der Waals surface area (Å²) in [6, 6.07) is 10.5. The van der Waals surface area contributed by atoms with Crippen LogP contribution < -0.4 is 10.1 Å². The monoisotopic (exact) mass is 373 g/mol. The Hall–Kier alpha value is -0.550. The summed E-state index contributed by atoms with van der Waals surface area (Å²) in [4.78, 5) is 1.17. The molecule has 0 aliphatic heterocycles. The van der Waals surface area contributed by atoms with Gasteiger partial charge in [-0.3, -0.25) is 0 Å². The van der Waals surface area contributed by atoms with E-state index in [1.54, 1.807) is 11.3 Å². The fourth-order valence-corrected chi connectivity index (χ4v) is 3.33. The molecule has 0 spiro atoms. The van der Waals surface area contributed by atoms with E-state index < -0.39 is 0 Å². The van der Waals surface area contributed by atoms with Gasteiger partial charge in [0.25, 0.3) is 0 Å². The smallest absolute Gasteiger partial charge is 0.138 e. The van der Waals surface area contributed by atoms with E-state index in [-0.39, 0.29) is 0 Å². The first-order valence-corrected chi connectivity index (χ1v) is 8.42. The van der Waals surface area contributed by atoms with Crippen LogP contribution in [0.1, 0.15) is 24.3 Å². The Balaban J connectivity index is 1.95. The van der Waals surface area contributed by atoms with Crippen molar-refractivity contribution in [2.45, 2.75) is 33.0 Å². The zero-order valence-corrected chi connectivity index (χ0v) is 14.6. The van der Waals surface area contributed by atoms with Crippen LogP contribution in [0.5, 0.6) is 5.75 Å². The summed E-state index contributed by atoms with van der Waals surface area (Å²) < 4.78 is 6.86. The van der Waals surface area contributed by atoms with E-state index >= 15 is 0 Å². The van der Waals surface area contributed by atoms with Gasteiger partial charge in [-0.1, -0.05) is 31.5 Å². The Bertz CT molecular complexity index is 571. The number of thiophene rings is 1. The van der Waals surface area contributed by atoms with Crippen molar-refractivity contribution in [3.8, 4) is 5.75 Å². The van der Waals surface area contributed by atoms with Gasteiger partial charge in [-0.2, -0.15) is 0 Å². The lowest BCUT2D eigenvalue weighted by Crippen LogP contribution is -2.21. The molecule has 2 rings (SSSR count). The van der Waals surface area contributed by atoms with E-state index in [1.807, 2.05) is 30.3 Å². The molecule has 1 N–H and O–H groups in total. The first kappa shape index (κ1) is 15.8. The molecular formula is C15H17BrClNOS. The number of halogens is 2. The zero-order valence-electron chi connectivity index (χ0n) is 11.5. The predicted molar refractivity (Wildman–Crippen MR) is 89.8 cm³/mol. The number of hydrogen-bond acceptors (Lipinski definition) is 3. The summed E-state index contributed by atoms with van der Waals surface area (Å²) in [6.45, 7) is 5.60. The highest BCUT2D eigenvalue weighted by atomic mass is 79.9. The Labute approximate surface area is 137 Å². The van der Waals surface area contributed by atoms with Gasteiger partial charge in [0.15, 0.2) is 0 Å². The number of benzene rings is 1. The summed E-state index contributed by atoms with van der Waals surface area (Å²) >= 11 is 11.4. The van der Waals surface area contributed by atoms with Crippen LogP contribution in [0, 0.1) is 0 Å². The van der Waals surface area contributed by atoms with Gasteiger partial charge in [-0.25, -0.2) is 0 Å². The first-order chi connectivity index (χ1) is 9.54. The number of hydrogen-bond donors (Lipinski definition) is 1. The van der Waals surface area contributed by atoms with Crippen LogP contribution in [0.15, 0.2) is 34.1 Å². The van der Waals surface area contributed by atoms with E-state index in [9.17, 15) is 0 Å². The van der Waals surface area contributed by atoms with E-state index in [1.165, 1.54) is 4.88 Å². The average Bonchev–Trinajstić information content (AvgIpc) is 2.81. The minimum absolute atomic E-state index is 0.460. The summed E-state index contributed by atoms with van der Waals surface area (Å²) in [6.07, 6.45) is 0. The lowest BCUT2D eigenvalue weighted by atomic mass is 10.2. The second-order valence-electron chi connectivity index (χ2n) is 4.79. The predicted octanol–water partition coefficient (Wildman–Crippen LogP) is 5.24. The lowest BCUT2D eigenvalue weighted by molar-refractivity contribution is 0.310. The van der Waals surface area contributed by atoms with Crippen molar-refractivity contribution < 1.29 is 4.74 Å². The molecule has 108 valence electrons. The molecule has 1 heterocycles. The van der Waals surface area contributed by atoms with Crippen molar-refractivity contribution in [2.24, 2.45) is 0 Å². The molecule has 0 unspecified atom stereocenters. The summed E-state index contributed by atoms with van der Waals surface area (Å²) in [5, 5.41) is 4.02. The van der Waals surface area contributed by atoms with Crippen molar-refractivity contribution in [3.05, 3.63) is 49.6 Å². The highest BCUT2D eigenvalue weighted by Gasteiger charge is 2.05. The topological polar surface area (TPSA) is 21.3 Å². The van der Waals surface area contributed by atoms with Crippen LogP contribution in [-0.4, -0.2) is 6.04 Å². The molecule has 0 fully saturated rings. The fraction of sp³-hybridized carbons (Fsp3) is 0.333. The maximum atomic E-state index is 6.26. The van der Waals surface area contributed by atoms with Gasteiger partial charge in [0.05, 0.1) is 8.81 Å². The van der Waals surface area contributed by atoms with Gasteiger partial charge in [0, 0.05) is 17.5 Å². The van der Waals surface area contributed by atoms with E-state index in [0.717, 1.165) is 21.6 Å². The molecule has 1 aromatic heterocycles. The molecule has 0 atom stereocenters. The normalized spacial score (nSPS) is 11.1. The standard InChI is InChI=1S/C15H17BrClNOS/c1-10(2)18-8-11-3-5-14(13(17)7-11)19-9-12-4-6-15(16)20-12/h3-7,10,18H,8-9H2,1-2H3. The molecule has 0 bridgehead atoms. The number of rotatable bonds is 6. The van der Waals surface area contributed by atoms with Gasteiger partial charge < -0.3 is 10.1 Å². The lowest BCUT2D eigenvalue weighted by Gasteiger charge is -2.11. The summed E-state index contributed by atoms with van der Waals surface area (Å²) in [5.74, 6) is 0.726. The van der Waals surface area contributed by atoms with E-state index in [0.29, 0.717) is 17.7 Å². The summed E-state index contributed by atoms with van der Waals surface area (Å²) in [7, 11) is 0. The molecule has 0 saturated heterocycles. The minimum atomic E-state index is 0.460. The van der Waals surface area contributed by atoms with Crippen molar-refractivity contribution in [2.75, 3.05) is 0 Å². The molecule has 0 aliphatic rings. The second kappa shape index (κ2) is 7.46. The summed E-state index contributed by atoms with van der Waals surface area (Å²) in [5.41, 5.74) is 1.16. The van der Waals surface area contributed by atoms with E-state index in [4.69, 9.17) is 16.3 Å². The van der Waals surface area contributed by atoms with Gasteiger partial charge in [0.2, 0.25) is 0 Å². The maximum absolute atomic E-state index is 6.26. The van der Waals surface area contributed by atoms with Gasteiger partial charge in [-0.05, 0) is 45.8 Å². The maximum Gasteiger partial charge on any atom is 0.138 e. The number of ether oxygens (including phenoxy) is 1. The van der Waals surface area contributed by atoms with Crippen LogP contribution in [0.25, 0.3) is 0 Å². The Kier molecular flexibility index (Phi) is 5.90. The third kappa shape index (κ3) is 4.77. The molecule has 2 nitrogen and oxygen atoms in total. The molecule has 0 amide bonds. The molecule has 5 heteroatoms. The molecule has 0 aliphatic carbocycles. The average molecular weight is 375 g/mol. The highest BCUT2D eigenvalue weighted by molar-refractivity contribution is 9.11. The SMILES string of the molecule is CC(C)NCc1ccc(OCc2ccc(Br)s2)c(Cl)c1. The van der Waals surface area contributed by atoms with Gasteiger partial charge in [-0.15, -0.1) is 11.3 Å². The largest absolute Gasteiger partial charge is 0.487 e. The van der Waals surface area contributed by atoms with Gasteiger partial charge in [0.1, 0.15) is 12.4 Å². The van der Waals surface area contributed by atoms with Crippen molar-refractivity contribution >= 4 is 38.9 Å². The van der Waals surface area contributed by atoms with Crippen LogP contribution in [0.2, 0.25) is 5.02 Å². The minimum Gasteiger partial charge on any atom is -0.487 e. The van der Waals surface area contributed by atoms with Crippen molar-refractivity contribution in [1.82, 2.24) is 5.32 Å². The number of nitrogens with one attached hydrogen (secondary N) is 1. The molecule has 0 saturated carbocycles. The zero-order chi connectivity index (χ0) is 14.5. The van der Waals surface area contributed by atoms with Crippen LogP contribution in [0.3, 0.4) is 0 Å². The van der Waals surface area contributed by atoms with Crippen LogP contribution >= 0.6 is 38.9 Å². The van der Waals surface area contributed by atoms with Gasteiger partial charge >= 0.3 is 0 Å². The second-order valence-corrected chi connectivity index (χ2v) is 7.75. The van der Waals surface area contributed by atoms with Crippen LogP contribution in [-0.2, 0) is 13.2 Å². The fourth-order valence-electron chi connectivity index (χ4n) is 1.67. The Morgan fingerprint density at radius 1 is 1.30 bits per heavy atom. The quantitative estimate of drug-likeness (QED) is 0.746. The molecule has 20 heavy (non-hydrogen) atoms. The third-order valence-electron chi connectivity index (χ3n) is 2.71. The van der Waals surface area contributed by atoms with Crippen LogP contribution in [0.4, 0.5) is 0 Å². The van der Waals surface area contributed by atoms with Crippen molar-refractivity contribution in [1.29, 1.82) is 0 Å². The third-order valence-corrected chi connectivity index (χ3v) is 4.60. The Morgan fingerprint density at radius 3 is 2.70 bits per heavy atom. The first-order valence-electron chi connectivity index (χ1n) is 6.43. The highest BCUT2D eigenvalue weighted by Crippen LogP contribution is 2.28. The molecule has 2 aromatic rings. The molecule has 0 radical (unpaired) electrons.